The fraction of sp³-hybridized carbons (Fsp3) is 0.500. The molecular weight excluding hydrogens is 302 g/mol. The second kappa shape index (κ2) is 9.16. The molecule has 1 unspecified atom stereocenters. The average Bonchev–Trinajstić information content (AvgIpc) is 2.41. The SMILES string of the molecule is C=C(Br)COc1ccc(CCC(C)NCCC)cc1. The van der Waals surface area contributed by atoms with Gasteiger partial charge in [0, 0.05) is 10.5 Å². The Kier molecular flexibility index (Phi) is 7.84. The number of benzene rings is 1. The molecule has 0 amide bonds. The number of nitrogens with one attached hydrogen (secondary N) is 1. The van der Waals surface area contributed by atoms with Gasteiger partial charge in [-0.1, -0.05) is 41.6 Å². The van der Waals surface area contributed by atoms with E-state index in [2.05, 4.69) is 53.8 Å². The monoisotopic (exact) mass is 325 g/mol. The van der Waals surface area contributed by atoms with E-state index < -0.39 is 0 Å². The van der Waals surface area contributed by atoms with Crippen LogP contribution < -0.4 is 10.1 Å². The van der Waals surface area contributed by atoms with E-state index in [-0.39, 0.29) is 0 Å². The lowest BCUT2D eigenvalue weighted by atomic mass is 10.1. The fourth-order valence-electron chi connectivity index (χ4n) is 1.79. The van der Waals surface area contributed by atoms with Crippen LogP contribution in [0.1, 0.15) is 32.3 Å². The van der Waals surface area contributed by atoms with E-state index in [0.717, 1.165) is 23.2 Å². The standard InChI is InChI=1S/C16H24BrNO/c1-4-11-18-14(3)5-6-15-7-9-16(10-8-15)19-12-13(2)17/h7-10,14,18H,2,4-6,11-12H2,1,3H3. The van der Waals surface area contributed by atoms with Crippen molar-refractivity contribution in [2.75, 3.05) is 13.2 Å². The highest BCUT2D eigenvalue weighted by Gasteiger charge is 2.02. The normalized spacial score (nSPS) is 12.2. The number of hydrogen-bond acceptors (Lipinski definition) is 2. The Bertz CT molecular complexity index is 375. The summed E-state index contributed by atoms with van der Waals surface area (Å²) in [7, 11) is 0. The van der Waals surface area contributed by atoms with Gasteiger partial charge in [-0.15, -0.1) is 0 Å². The number of hydrogen-bond donors (Lipinski definition) is 1. The third kappa shape index (κ3) is 7.38. The number of halogens is 1. The van der Waals surface area contributed by atoms with Crippen LogP contribution in [0.2, 0.25) is 0 Å². The molecule has 1 atom stereocenters. The van der Waals surface area contributed by atoms with Crippen LogP contribution in [0.15, 0.2) is 35.3 Å². The Hall–Kier alpha value is -0.800. The minimum atomic E-state index is 0.511. The van der Waals surface area contributed by atoms with Crippen LogP contribution in [-0.4, -0.2) is 19.2 Å². The van der Waals surface area contributed by atoms with Gasteiger partial charge in [-0.3, -0.25) is 0 Å². The molecule has 106 valence electrons. The molecule has 1 aromatic rings. The van der Waals surface area contributed by atoms with Gasteiger partial charge in [-0.05, 0) is 50.4 Å². The lowest BCUT2D eigenvalue weighted by Crippen LogP contribution is -2.27. The van der Waals surface area contributed by atoms with Gasteiger partial charge in [0.05, 0.1) is 0 Å². The molecule has 0 saturated heterocycles. The van der Waals surface area contributed by atoms with Gasteiger partial charge in [0.1, 0.15) is 12.4 Å². The molecule has 0 radical (unpaired) electrons. The van der Waals surface area contributed by atoms with Crippen molar-refractivity contribution in [3.63, 3.8) is 0 Å². The summed E-state index contributed by atoms with van der Waals surface area (Å²) >= 11 is 3.28. The molecule has 0 heterocycles. The first-order valence-electron chi connectivity index (χ1n) is 6.90. The van der Waals surface area contributed by atoms with Gasteiger partial charge in [0.2, 0.25) is 0 Å². The van der Waals surface area contributed by atoms with Gasteiger partial charge in [-0.2, -0.15) is 0 Å². The maximum Gasteiger partial charge on any atom is 0.119 e. The molecule has 0 aliphatic heterocycles. The summed E-state index contributed by atoms with van der Waals surface area (Å²) in [6.45, 7) is 9.80. The first-order valence-corrected chi connectivity index (χ1v) is 7.69. The highest BCUT2D eigenvalue weighted by Crippen LogP contribution is 2.15. The van der Waals surface area contributed by atoms with E-state index >= 15 is 0 Å². The Balaban J connectivity index is 2.33. The lowest BCUT2D eigenvalue weighted by molar-refractivity contribution is 0.361. The highest BCUT2D eigenvalue weighted by atomic mass is 79.9. The zero-order valence-corrected chi connectivity index (χ0v) is 13.5. The Morgan fingerprint density at radius 3 is 2.63 bits per heavy atom. The molecule has 19 heavy (non-hydrogen) atoms. The molecule has 0 aliphatic rings. The average molecular weight is 326 g/mol. The summed E-state index contributed by atoms with van der Waals surface area (Å²) in [5.41, 5.74) is 1.36. The van der Waals surface area contributed by atoms with Crippen LogP contribution in [0.4, 0.5) is 0 Å². The number of rotatable bonds is 9. The van der Waals surface area contributed by atoms with Gasteiger partial charge in [0.15, 0.2) is 0 Å². The lowest BCUT2D eigenvalue weighted by Gasteiger charge is -2.13. The van der Waals surface area contributed by atoms with E-state index in [4.69, 9.17) is 4.74 Å². The number of aryl methyl sites for hydroxylation is 1. The maximum absolute atomic E-state index is 5.54. The van der Waals surface area contributed by atoms with Crippen molar-refractivity contribution in [3.8, 4) is 5.75 Å². The second-order valence-corrected chi connectivity index (χ2v) is 5.97. The molecule has 0 spiro atoms. The Morgan fingerprint density at radius 1 is 1.37 bits per heavy atom. The molecular formula is C16H24BrNO. The first-order chi connectivity index (χ1) is 9.11. The van der Waals surface area contributed by atoms with Gasteiger partial charge < -0.3 is 10.1 Å². The quantitative estimate of drug-likeness (QED) is 0.731. The molecule has 1 rings (SSSR count). The first kappa shape index (κ1) is 16.3. The smallest absolute Gasteiger partial charge is 0.119 e. The summed E-state index contributed by atoms with van der Waals surface area (Å²) in [5, 5.41) is 3.51. The molecule has 0 aliphatic carbocycles. The van der Waals surface area contributed by atoms with Crippen molar-refractivity contribution < 1.29 is 4.74 Å². The predicted octanol–water partition coefficient (Wildman–Crippen LogP) is 4.29. The van der Waals surface area contributed by atoms with Crippen LogP contribution in [0.25, 0.3) is 0 Å². The largest absolute Gasteiger partial charge is 0.488 e. The van der Waals surface area contributed by atoms with Crippen molar-refractivity contribution in [3.05, 3.63) is 40.9 Å². The summed E-state index contributed by atoms with van der Waals surface area (Å²) in [6.07, 6.45) is 3.46. The van der Waals surface area contributed by atoms with E-state index in [1.807, 2.05) is 12.1 Å². The third-order valence-corrected chi connectivity index (χ3v) is 3.16. The van der Waals surface area contributed by atoms with Crippen molar-refractivity contribution in [1.29, 1.82) is 0 Å². The fourth-order valence-corrected chi connectivity index (χ4v) is 1.90. The van der Waals surface area contributed by atoms with Crippen molar-refractivity contribution >= 4 is 15.9 Å². The molecule has 0 saturated carbocycles. The summed E-state index contributed by atoms with van der Waals surface area (Å²) in [6, 6.07) is 8.90. The zero-order chi connectivity index (χ0) is 14.1. The van der Waals surface area contributed by atoms with Crippen LogP contribution in [0.3, 0.4) is 0 Å². The van der Waals surface area contributed by atoms with Crippen LogP contribution in [0.5, 0.6) is 5.75 Å². The minimum absolute atomic E-state index is 0.511. The number of ether oxygens (including phenoxy) is 1. The van der Waals surface area contributed by atoms with Gasteiger partial charge in [-0.25, -0.2) is 0 Å². The Labute approximate surface area is 125 Å². The predicted molar refractivity (Wildman–Crippen MR) is 86.1 cm³/mol. The summed E-state index contributed by atoms with van der Waals surface area (Å²) < 4.78 is 6.40. The molecule has 2 nitrogen and oxygen atoms in total. The maximum atomic E-state index is 5.54. The van der Waals surface area contributed by atoms with E-state index in [1.54, 1.807) is 0 Å². The summed E-state index contributed by atoms with van der Waals surface area (Å²) in [5.74, 6) is 0.890. The molecule has 0 aromatic heterocycles. The van der Waals surface area contributed by atoms with Crippen molar-refractivity contribution in [2.24, 2.45) is 0 Å². The van der Waals surface area contributed by atoms with Crippen molar-refractivity contribution in [2.45, 2.75) is 39.2 Å². The topological polar surface area (TPSA) is 21.3 Å². The molecule has 0 fully saturated rings. The third-order valence-electron chi connectivity index (χ3n) is 2.93. The molecule has 1 aromatic carbocycles. The van der Waals surface area contributed by atoms with E-state index in [9.17, 15) is 0 Å². The Morgan fingerprint density at radius 2 is 2.05 bits per heavy atom. The molecule has 0 bridgehead atoms. The highest BCUT2D eigenvalue weighted by molar-refractivity contribution is 9.11. The molecule has 3 heteroatoms. The van der Waals surface area contributed by atoms with Gasteiger partial charge in [0.25, 0.3) is 0 Å². The van der Waals surface area contributed by atoms with Crippen LogP contribution in [-0.2, 0) is 6.42 Å². The van der Waals surface area contributed by atoms with Crippen molar-refractivity contribution in [1.82, 2.24) is 5.32 Å². The van der Waals surface area contributed by atoms with Crippen LogP contribution in [0, 0.1) is 0 Å². The summed E-state index contributed by atoms with van der Waals surface area (Å²) in [4.78, 5) is 0. The molecule has 1 N–H and O–H groups in total. The van der Waals surface area contributed by atoms with Gasteiger partial charge >= 0.3 is 0 Å². The zero-order valence-electron chi connectivity index (χ0n) is 11.9. The minimum Gasteiger partial charge on any atom is -0.488 e. The van der Waals surface area contributed by atoms with Crippen LogP contribution >= 0.6 is 15.9 Å². The van der Waals surface area contributed by atoms with E-state index in [0.29, 0.717) is 12.6 Å². The second-order valence-electron chi connectivity index (χ2n) is 4.84. The van der Waals surface area contributed by atoms with E-state index in [1.165, 1.54) is 18.4 Å².